The molecule has 2 nitrogen and oxygen atoms in total. The number of rotatable bonds is 2. The van der Waals surface area contributed by atoms with E-state index < -0.39 is 0 Å². The molecule has 0 atom stereocenters. The van der Waals surface area contributed by atoms with Gasteiger partial charge in [0.05, 0.1) is 12.9 Å². The van der Waals surface area contributed by atoms with Crippen molar-refractivity contribution in [1.29, 1.82) is 0 Å². The molecule has 56 valence electrons. The maximum absolute atomic E-state index is 4.06. The minimum Gasteiger partial charge on any atom is -0.361 e. The standard InChI is InChI=1S/C6H10N2S2/c1-8-4-6(10-9-2)3-7-5-8/h3,5H,4H2,1-2H3. The van der Waals surface area contributed by atoms with E-state index in [1.807, 2.05) is 19.6 Å². The molecule has 1 aliphatic heterocycles. The molecular formula is C6H10N2S2. The summed E-state index contributed by atoms with van der Waals surface area (Å²) >= 11 is 0. The van der Waals surface area contributed by atoms with E-state index in [4.69, 9.17) is 0 Å². The highest BCUT2D eigenvalue weighted by molar-refractivity contribution is 8.77. The van der Waals surface area contributed by atoms with Gasteiger partial charge < -0.3 is 4.90 Å². The molecule has 0 amide bonds. The van der Waals surface area contributed by atoms with Crippen molar-refractivity contribution in [1.82, 2.24) is 4.90 Å². The van der Waals surface area contributed by atoms with E-state index in [1.54, 1.807) is 21.6 Å². The first-order valence-corrected chi connectivity index (χ1v) is 5.52. The summed E-state index contributed by atoms with van der Waals surface area (Å²) in [5, 5.41) is 0. The highest BCUT2D eigenvalue weighted by Gasteiger charge is 2.03. The van der Waals surface area contributed by atoms with Crippen molar-refractivity contribution in [3.05, 3.63) is 11.1 Å². The smallest absolute Gasteiger partial charge is 0.0905 e. The van der Waals surface area contributed by atoms with Crippen LogP contribution in [0.1, 0.15) is 0 Å². The number of hydrogen-bond acceptors (Lipinski definition) is 4. The molecule has 1 aliphatic rings. The summed E-state index contributed by atoms with van der Waals surface area (Å²) in [4.78, 5) is 7.45. The van der Waals surface area contributed by atoms with E-state index in [0.29, 0.717) is 0 Å². The molecule has 1 rings (SSSR count). The molecule has 1 heterocycles. The van der Waals surface area contributed by atoms with E-state index in [-0.39, 0.29) is 0 Å². The number of aliphatic imine (C=N–C) groups is 1. The van der Waals surface area contributed by atoms with E-state index >= 15 is 0 Å². The minimum atomic E-state index is 0.995. The Balaban J connectivity index is 2.45. The van der Waals surface area contributed by atoms with Crippen LogP contribution in [0.3, 0.4) is 0 Å². The van der Waals surface area contributed by atoms with Gasteiger partial charge in [-0.1, -0.05) is 21.6 Å². The number of nitrogens with zero attached hydrogens (tertiary/aromatic N) is 2. The monoisotopic (exact) mass is 174 g/mol. The lowest BCUT2D eigenvalue weighted by Crippen LogP contribution is -2.20. The van der Waals surface area contributed by atoms with Crippen LogP contribution >= 0.6 is 21.6 Å². The molecule has 10 heavy (non-hydrogen) atoms. The lowest BCUT2D eigenvalue weighted by atomic mass is 10.5. The second-order valence-corrected chi connectivity index (χ2v) is 4.55. The third-order valence-corrected chi connectivity index (χ3v) is 2.84. The molecule has 0 aromatic rings. The molecule has 0 radical (unpaired) electrons. The third kappa shape index (κ3) is 2.27. The van der Waals surface area contributed by atoms with Gasteiger partial charge in [-0.3, -0.25) is 0 Å². The first-order chi connectivity index (χ1) is 4.83. The fourth-order valence-electron chi connectivity index (χ4n) is 0.713. The Bertz CT molecular complexity index is 165. The van der Waals surface area contributed by atoms with Crippen LogP contribution < -0.4 is 0 Å². The zero-order valence-electron chi connectivity index (χ0n) is 6.07. The zero-order valence-corrected chi connectivity index (χ0v) is 7.71. The summed E-state index contributed by atoms with van der Waals surface area (Å²) < 4.78 is 0. The minimum absolute atomic E-state index is 0.995. The van der Waals surface area contributed by atoms with Crippen LogP contribution in [0.4, 0.5) is 0 Å². The van der Waals surface area contributed by atoms with E-state index in [1.165, 1.54) is 4.91 Å². The van der Waals surface area contributed by atoms with Gasteiger partial charge in [-0.2, -0.15) is 0 Å². The fraction of sp³-hybridized carbons (Fsp3) is 0.500. The summed E-state index contributed by atoms with van der Waals surface area (Å²) in [6.45, 7) is 0.995. The lowest BCUT2D eigenvalue weighted by Gasteiger charge is -2.16. The van der Waals surface area contributed by atoms with E-state index in [9.17, 15) is 0 Å². The fourth-order valence-corrected chi connectivity index (χ4v) is 2.22. The van der Waals surface area contributed by atoms with Crippen molar-refractivity contribution >= 4 is 27.9 Å². The zero-order chi connectivity index (χ0) is 7.40. The van der Waals surface area contributed by atoms with Crippen molar-refractivity contribution in [3.8, 4) is 0 Å². The van der Waals surface area contributed by atoms with Crippen molar-refractivity contribution in [2.45, 2.75) is 0 Å². The van der Waals surface area contributed by atoms with Crippen molar-refractivity contribution in [2.75, 3.05) is 19.8 Å². The van der Waals surface area contributed by atoms with Gasteiger partial charge in [0, 0.05) is 18.2 Å². The molecule has 0 aromatic heterocycles. The highest BCUT2D eigenvalue weighted by Crippen LogP contribution is 2.28. The summed E-state index contributed by atoms with van der Waals surface area (Å²) in [7, 11) is 5.56. The maximum atomic E-state index is 4.06. The summed E-state index contributed by atoms with van der Waals surface area (Å²) in [6.07, 6.45) is 5.83. The average molecular weight is 174 g/mol. The highest BCUT2D eigenvalue weighted by atomic mass is 33.1. The largest absolute Gasteiger partial charge is 0.361 e. The van der Waals surface area contributed by atoms with Gasteiger partial charge >= 0.3 is 0 Å². The molecule has 0 aromatic carbocycles. The quantitative estimate of drug-likeness (QED) is 0.594. The normalized spacial score (nSPS) is 17.4. The van der Waals surface area contributed by atoms with Crippen molar-refractivity contribution < 1.29 is 0 Å². The van der Waals surface area contributed by atoms with Crippen LogP contribution in [0.5, 0.6) is 0 Å². The van der Waals surface area contributed by atoms with Crippen LogP contribution in [0.15, 0.2) is 16.1 Å². The van der Waals surface area contributed by atoms with Crippen LogP contribution in [0, 0.1) is 0 Å². The molecular weight excluding hydrogens is 164 g/mol. The molecule has 0 spiro atoms. The van der Waals surface area contributed by atoms with Gasteiger partial charge in [0.15, 0.2) is 0 Å². The second-order valence-electron chi connectivity index (χ2n) is 2.03. The molecule has 0 fully saturated rings. The van der Waals surface area contributed by atoms with Crippen LogP contribution in [0.2, 0.25) is 0 Å². The predicted molar refractivity (Wildman–Crippen MR) is 50.3 cm³/mol. The lowest BCUT2D eigenvalue weighted by molar-refractivity contribution is 0.570. The topological polar surface area (TPSA) is 15.6 Å². The van der Waals surface area contributed by atoms with Gasteiger partial charge in [-0.25, -0.2) is 4.99 Å². The van der Waals surface area contributed by atoms with Gasteiger partial charge in [-0.05, 0) is 6.26 Å². The van der Waals surface area contributed by atoms with Crippen LogP contribution in [-0.2, 0) is 0 Å². The average Bonchev–Trinajstić information content (AvgIpc) is 1.88. The summed E-state index contributed by atoms with van der Waals surface area (Å²) in [5.41, 5.74) is 0. The van der Waals surface area contributed by atoms with Crippen LogP contribution in [0.25, 0.3) is 0 Å². The predicted octanol–water partition coefficient (Wildman–Crippen LogP) is 1.81. The van der Waals surface area contributed by atoms with Crippen LogP contribution in [-0.4, -0.2) is 31.1 Å². The summed E-state index contributed by atoms with van der Waals surface area (Å²) in [5.74, 6) is 0. The molecule has 4 heteroatoms. The molecule has 0 aliphatic carbocycles. The van der Waals surface area contributed by atoms with Crippen molar-refractivity contribution in [2.24, 2.45) is 4.99 Å². The number of hydrogen-bond donors (Lipinski definition) is 0. The van der Waals surface area contributed by atoms with Gasteiger partial charge in [0.2, 0.25) is 0 Å². The molecule has 0 saturated heterocycles. The Kier molecular flexibility index (Phi) is 3.15. The maximum Gasteiger partial charge on any atom is 0.0905 e. The Morgan fingerprint density at radius 1 is 1.70 bits per heavy atom. The Hall–Kier alpha value is -0.0900. The second kappa shape index (κ2) is 3.93. The SMILES string of the molecule is CSSC1=CN=CN(C)C1. The Morgan fingerprint density at radius 2 is 2.50 bits per heavy atom. The summed E-state index contributed by atoms with van der Waals surface area (Å²) in [6, 6.07) is 0. The molecule has 0 N–H and O–H groups in total. The Morgan fingerprint density at radius 3 is 3.10 bits per heavy atom. The Labute approximate surface area is 69.2 Å². The first-order valence-electron chi connectivity index (χ1n) is 2.96. The van der Waals surface area contributed by atoms with Gasteiger partial charge in [0.1, 0.15) is 0 Å². The van der Waals surface area contributed by atoms with Crippen molar-refractivity contribution in [3.63, 3.8) is 0 Å². The van der Waals surface area contributed by atoms with Gasteiger partial charge in [-0.15, -0.1) is 0 Å². The van der Waals surface area contributed by atoms with E-state index in [2.05, 4.69) is 16.1 Å². The third-order valence-electron chi connectivity index (χ3n) is 1.08. The first kappa shape index (κ1) is 8.01. The molecule has 0 saturated carbocycles. The number of likely N-dealkylation sites (N-methyl/N-ethyl adjacent to an activating group) is 1. The molecule has 0 unspecified atom stereocenters. The van der Waals surface area contributed by atoms with E-state index in [0.717, 1.165) is 6.54 Å². The van der Waals surface area contributed by atoms with Gasteiger partial charge in [0.25, 0.3) is 0 Å². The molecule has 0 bridgehead atoms.